The normalized spacial score (nSPS) is 11.7. The molecule has 54 heavy (non-hydrogen) atoms. The van der Waals surface area contributed by atoms with Crippen LogP contribution in [0.1, 0.15) is 0 Å². The van der Waals surface area contributed by atoms with Gasteiger partial charge in [-0.15, -0.1) is 0 Å². The van der Waals surface area contributed by atoms with Gasteiger partial charge >= 0.3 is 0 Å². The summed E-state index contributed by atoms with van der Waals surface area (Å²) in [6, 6.07) is 58.8. The topological polar surface area (TPSA) is 69.6 Å². The molecule has 0 fully saturated rings. The van der Waals surface area contributed by atoms with Gasteiger partial charge in [-0.2, -0.15) is 0 Å². The smallest absolute Gasteiger partial charge is 0.183 e. The van der Waals surface area contributed by atoms with Gasteiger partial charge in [-0.25, -0.2) is 15.0 Å². The molecule has 0 saturated carbocycles. The summed E-state index contributed by atoms with van der Waals surface area (Å²) < 4.78 is 8.56. The van der Waals surface area contributed by atoms with Crippen molar-refractivity contribution in [2.24, 2.45) is 0 Å². The summed E-state index contributed by atoms with van der Waals surface area (Å²) in [7, 11) is 0. The van der Waals surface area contributed by atoms with Crippen LogP contribution in [0.3, 0.4) is 0 Å². The summed E-state index contributed by atoms with van der Waals surface area (Å²) in [5.74, 6) is 1.61. The lowest BCUT2D eigenvalue weighted by molar-refractivity contribution is 0.668. The predicted molar refractivity (Wildman–Crippen MR) is 218 cm³/mol. The standard InChI is InChI=1S/C48H29N5O/c1-2-11-30(12-3-1)31-21-22-33-28-35(24-23-32(33)27-31)47-50-46(51-48(52-47)45-44-39-17-6-9-20-42(39)54-43(44)25-26-49-45)34-13-10-14-36(29-34)53-40-18-7-4-15-37(40)38-16-5-8-19-41(38)53/h1-29H. The first-order valence-electron chi connectivity index (χ1n) is 18.0. The Morgan fingerprint density at radius 2 is 1.00 bits per heavy atom. The van der Waals surface area contributed by atoms with E-state index < -0.39 is 0 Å². The number of pyridine rings is 1. The lowest BCUT2D eigenvalue weighted by Gasteiger charge is -2.12. The minimum Gasteiger partial charge on any atom is -0.456 e. The van der Waals surface area contributed by atoms with Crippen molar-refractivity contribution in [2.75, 3.05) is 0 Å². The average Bonchev–Trinajstić information content (AvgIpc) is 3.80. The summed E-state index contributed by atoms with van der Waals surface area (Å²) in [6.45, 7) is 0. The number of benzene rings is 7. The SMILES string of the molecule is c1ccc(-c2ccc3cc(-c4nc(-c5cccc(-n6c7ccccc7c7ccccc76)c5)nc(-c5nccc6oc7ccccc7c56)n4)ccc3c2)cc1. The molecule has 0 aliphatic carbocycles. The molecule has 4 aromatic heterocycles. The summed E-state index contributed by atoms with van der Waals surface area (Å²) in [5.41, 5.74) is 9.60. The van der Waals surface area contributed by atoms with E-state index in [4.69, 9.17) is 24.4 Å². The van der Waals surface area contributed by atoms with E-state index in [1.165, 1.54) is 21.9 Å². The average molecular weight is 692 g/mol. The fraction of sp³-hybridized carbons (Fsp3) is 0. The molecule has 0 spiro atoms. The largest absolute Gasteiger partial charge is 0.456 e. The van der Waals surface area contributed by atoms with Crippen molar-refractivity contribution in [1.82, 2.24) is 24.5 Å². The predicted octanol–water partition coefficient (Wildman–Crippen LogP) is 12.1. The monoisotopic (exact) mass is 691 g/mol. The van der Waals surface area contributed by atoms with E-state index in [1.807, 2.05) is 30.3 Å². The van der Waals surface area contributed by atoms with E-state index in [-0.39, 0.29) is 0 Å². The second-order valence-corrected chi connectivity index (χ2v) is 13.5. The number of para-hydroxylation sites is 3. The minimum atomic E-state index is 0.481. The second kappa shape index (κ2) is 12.1. The van der Waals surface area contributed by atoms with Crippen molar-refractivity contribution in [3.8, 4) is 51.1 Å². The van der Waals surface area contributed by atoms with E-state index in [1.54, 1.807) is 6.20 Å². The van der Waals surface area contributed by atoms with Gasteiger partial charge in [0.2, 0.25) is 0 Å². The molecule has 0 atom stereocenters. The molecule has 6 nitrogen and oxygen atoms in total. The number of furan rings is 1. The first-order chi connectivity index (χ1) is 26.7. The van der Waals surface area contributed by atoms with E-state index in [9.17, 15) is 0 Å². The number of fused-ring (bicyclic) bond motifs is 7. The van der Waals surface area contributed by atoms with Gasteiger partial charge in [-0.1, -0.05) is 121 Å². The number of hydrogen-bond donors (Lipinski definition) is 0. The Morgan fingerprint density at radius 3 is 1.76 bits per heavy atom. The number of nitrogens with zero attached hydrogens (tertiary/aromatic N) is 5. The highest BCUT2D eigenvalue weighted by atomic mass is 16.3. The van der Waals surface area contributed by atoms with Crippen LogP contribution < -0.4 is 0 Å². The number of aromatic nitrogens is 5. The quantitative estimate of drug-likeness (QED) is 0.180. The van der Waals surface area contributed by atoms with Crippen LogP contribution in [0.2, 0.25) is 0 Å². The Balaban J connectivity index is 1.11. The van der Waals surface area contributed by atoms with Gasteiger partial charge in [0.05, 0.1) is 16.4 Å². The maximum atomic E-state index is 6.25. The molecule has 11 aromatic rings. The maximum absolute atomic E-state index is 6.25. The van der Waals surface area contributed by atoms with Crippen molar-refractivity contribution in [3.05, 3.63) is 176 Å². The molecule has 0 N–H and O–H groups in total. The molecule has 6 heteroatoms. The lowest BCUT2D eigenvalue weighted by atomic mass is 10.00. The van der Waals surface area contributed by atoms with E-state index in [0.29, 0.717) is 23.2 Å². The maximum Gasteiger partial charge on any atom is 0.183 e. The van der Waals surface area contributed by atoms with Crippen LogP contribution in [0.25, 0.3) is 106 Å². The first kappa shape index (κ1) is 30.2. The van der Waals surface area contributed by atoms with Crippen LogP contribution in [0.5, 0.6) is 0 Å². The van der Waals surface area contributed by atoms with Gasteiger partial charge in [0.15, 0.2) is 17.5 Å². The number of hydrogen-bond acceptors (Lipinski definition) is 5. The van der Waals surface area contributed by atoms with Crippen LogP contribution in [0, 0.1) is 0 Å². The summed E-state index contributed by atoms with van der Waals surface area (Å²) in [5, 5.41) is 6.51. The highest BCUT2D eigenvalue weighted by molar-refractivity contribution is 6.11. The second-order valence-electron chi connectivity index (χ2n) is 13.5. The van der Waals surface area contributed by atoms with Gasteiger partial charge in [0.25, 0.3) is 0 Å². The van der Waals surface area contributed by atoms with Crippen molar-refractivity contribution < 1.29 is 4.42 Å². The fourth-order valence-electron chi connectivity index (χ4n) is 7.76. The van der Waals surface area contributed by atoms with Gasteiger partial charge < -0.3 is 8.98 Å². The highest BCUT2D eigenvalue weighted by Crippen LogP contribution is 2.37. The Morgan fingerprint density at radius 1 is 0.407 bits per heavy atom. The van der Waals surface area contributed by atoms with Crippen molar-refractivity contribution in [1.29, 1.82) is 0 Å². The molecule has 0 amide bonds. The molecule has 0 aliphatic heterocycles. The molecule has 0 unspecified atom stereocenters. The van der Waals surface area contributed by atoms with E-state index in [0.717, 1.165) is 60.6 Å². The third-order valence-corrected chi connectivity index (χ3v) is 10.3. The van der Waals surface area contributed by atoms with Crippen LogP contribution in [0.4, 0.5) is 0 Å². The van der Waals surface area contributed by atoms with Gasteiger partial charge in [-0.05, 0) is 70.4 Å². The Bertz CT molecular complexity index is 3180. The molecule has 11 rings (SSSR count). The fourth-order valence-corrected chi connectivity index (χ4v) is 7.76. The van der Waals surface area contributed by atoms with Crippen molar-refractivity contribution >= 4 is 54.5 Å². The lowest BCUT2D eigenvalue weighted by Crippen LogP contribution is -2.02. The first-order valence-corrected chi connectivity index (χ1v) is 18.0. The molecule has 7 aromatic carbocycles. The third kappa shape index (κ3) is 4.89. The zero-order valence-corrected chi connectivity index (χ0v) is 28.9. The van der Waals surface area contributed by atoms with Crippen LogP contribution >= 0.6 is 0 Å². The molecule has 0 saturated heterocycles. The zero-order chi connectivity index (χ0) is 35.6. The Kier molecular flexibility index (Phi) is 6.75. The molecule has 252 valence electrons. The van der Waals surface area contributed by atoms with E-state index in [2.05, 4.69) is 144 Å². The summed E-state index contributed by atoms with van der Waals surface area (Å²) in [4.78, 5) is 20.3. The van der Waals surface area contributed by atoms with Gasteiger partial charge in [0, 0.05) is 39.2 Å². The van der Waals surface area contributed by atoms with Crippen molar-refractivity contribution in [2.45, 2.75) is 0 Å². The molecule has 4 heterocycles. The Hall–Kier alpha value is -7.44. The van der Waals surface area contributed by atoms with Crippen LogP contribution in [-0.2, 0) is 0 Å². The minimum absolute atomic E-state index is 0.481. The number of rotatable bonds is 5. The zero-order valence-electron chi connectivity index (χ0n) is 28.9. The van der Waals surface area contributed by atoms with Crippen LogP contribution in [-0.4, -0.2) is 24.5 Å². The van der Waals surface area contributed by atoms with Crippen LogP contribution in [0.15, 0.2) is 180 Å². The molecule has 0 radical (unpaired) electrons. The van der Waals surface area contributed by atoms with Gasteiger partial charge in [-0.3, -0.25) is 4.98 Å². The molecular weight excluding hydrogens is 663 g/mol. The van der Waals surface area contributed by atoms with E-state index >= 15 is 0 Å². The molecule has 0 bridgehead atoms. The van der Waals surface area contributed by atoms with Gasteiger partial charge in [0.1, 0.15) is 16.9 Å². The molecule has 0 aliphatic rings. The third-order valence-electron chi connectivity index (χ3n) is 10.3. The van der Waals surface area contributed by atoms with Crippen molar-refractivity contribution in [3.63, 3.8) is 0 Å². The summed E-state index contributed by atoms with van der Waals surface area (Å²) in [6.07, 6.45) is 1.76. The highest BCUT2D eigenvalue weighted by Gasteiger charge is 2.20. The summed E-state index contributed by atoms with van der Waals surface area (Å²) >= 11 is 0. The molecular formula is C48H29N5O. The Labute approximate surface area is 309 Å².